The highest BCUT2D eigenvalue weighted by Gasteiger charge is 2.21. The molecule has 0 aromatic heterocycles. The molecule has 20 heavy (non-hydrogen) atoms. The van der Waals surface area contributed by atoms with Gasteiger partial charge in [0, 0.05) is 17.2 Å². The summed E-state index contributed by atoms with van der Waals surface area (Å²) in [7, 11) is -3.44. The van der Waals surface area contributed by atoms with E-state index in [1.807, 2.05) is 42.1 Å². The van der Waals surface area contributed by atoms with Gasteiger partial charge in [-0.25, -0.2) is 13.1 Å². The summed E-state index contributed by atoms with van der Waals surface area (Å²) in [6, 6.07) is 13.0. The van der Waals surface area contributed by atoms with Crippen molar-refractivity contribution in [3.8, 4) is 0 Å². The Bertz CT molecular complexity index is 701. The molecular weight excluding hydrogens is 290 g/mol. The molecule has 1 N–H and O–H groups in total. The van der Waals surface area contributed by atoms with Crippen LogP contribution in [0.2, 0.25) is 0 Å². The number of nitrogens with one attached hydrogen (secondary N) is 1. The van der Waals surface area contributed by atoms with Crippen LogP contribution in [0.25, 0.3) is 10.8 Å². The third kappa shape index (κ3) is 2.85. The summed E-state index contributed by atoms with van der Waals surface area (Å²) in [4.78, 5) is 0.374. The van der Waals surface area contributed by atoms with Crippen molar-refractivity contribution in [3.63, 3.8) is 0 Å². The minimum atomic E-state index is -3.44. The van der Waals surface area contributed by atoms with Gasteiger partial charge in [0.25, 0.3) is 0 Å². The maximum absolute atomic E-state index is 12.5. The molecule has 0 radical (unpaired) electrons. The van der Waals surface area contributed by atoms with Crippen molar-refractivity contribution in [2.45, 2.75) is 23.0 Å². The lowest BCUT2D eigenvalue weighted by atomic mass is 10.1. The molecule has 1 unspecified atom stereocenters. The summed E-state index contributed by atoms with van der Waals surface area (Å²) in [5.74, 6) is 1.14. The molecule has 0 aliphatic carbocycles. The first-order chi connectivity index (χ1) is 9.67. The molecule has 1 heterocycles. The Morgan fingerprint density at radius 2 is 1.95 bits per heavy atom. The third-order valence-corrected chi connectivity index (χ3v) is 6.44. The summed E-state index contributed by atoms with van der Waals surface area (Å²) in [5.41, 5.74) is 0. The Morgan fingerprint density at radius 3 is 2.75 bits per heavy atom. The van der Waals surface area contributed by atoms with Crippen LogP contribution < -0.4 is 4.72 Å². The van der Waals surface area contributed by atoms with Crippen molar-refractivity contribution >= 4 is 32.6 Å². The van der Waals surface area contributed by atoms with E-state index in [4.69, 9.17) is 0 Å². The summed E-state index contributed by atoms with van der Waals surface area (Å²) in [5, 5.41) is 2.15. The van der Waals surface area contributed by atoms with Crippen molar-refractivity contribution in [2.24, 2.45) is 0 Å². The highest BCUT2D eigenvalue weighted by molar-refractivity contribution is 8.00. The van der Waals surface area contributed by atoms with E-state index >= 15 is 0 Å². The van der Waals surface area contributed by atoms with Gasteiger partial charge in [0.2, 0.25) is 10.0 Å². The van der Waals surface area contributed by atoms with Crippen molar-refractivity contribution in [3.05, 3.63) is 42.5 Å². The molecule has 0 spiro atoms. The van der Waals surface area contributed by atoms with Crippen molar-refractivity contribution < 1.29 is 8.42 Å². The van der Waals surface area contributed by atoms with Crippen molar-refractivity contribution in [2.75, 3.05) is 12.3 Å². The second-order valence-electron chi connectivity index (χ2n) is 4.96. The van der Waals surface area contributed by atoms with Crippen LogP contribution >= 0.6 is 11.8 Å². The molecule has 0 bridgehead atoms. The molecule has 5 heteroatoms. The maximum atomic E-state index is 12.5. The summed E-state index contributed by atoms with van der Waals surface area (Å²) >= 11 is 1.85. The smallest absolute Gasteiger partial charge is 0.210 e. The van der Waals surface area contributed by atoms with E-state index < -0.39 is 10.0 Å². The SMILES string of the molecule is O=S(=O)(NCC1CCCS1)c1cccc2ccccc12. The average molecular weight is 307 g/mol. The first kappa shape index (κ1) is 13.9. The molecular formula is C15H17NO2S2. The standard InChI is InChI=1S/C15H17NO2S2/c17-20(18,16-11-13-7-4-10-19-13)15-9-3-6-12-5-1-2-8-14(12)15/h1-3,5-6,8-9,13,16H,4,7,10-11H2. The third-order valence-electron chi connectivity index (χ3n) is 3.56. The van der Waals surface area contributed by atoms with Crippen LogP contribution in [0.15, 0.2) is 47.4 Å². The van der Waals surface area contributed by atoms with Gasteiger partial charge in [0.15, 0.2) is 0 Å². The zero-order chi connectivity index (χ0) is 14.0. The Morgan fingerprint density at radius 1 is 1.15 bits per heavy atom. The normalized spacial score (nSPS) is 19.5. The van der Waals surface area contributed by atoms with Gasteiger partial charge in [-0.05, 0) is 30.0 Å². The molecule has 1 saturated heterocycles. The van der Waals surface area contributed by atoms with Gasteiger partial charge >= 0.3 is 0 Å². The molecule has 3 rings (SSSR count). The highest BCUT2D eigenvalue weighted by Crippen LogP contribution is 2.26. The van der Waals surface area contributed by atoms with Crippen molar-refractivity contribution in [1.82, 2.24) is 4.72 Å². The van der Waals surface area contributed by atoms with E-state index in [-0.39, 0.29) is 0 Å². The van der Waals surface area contributed by atoms with Crippen LogP contribution in [0, 0.1) is 0 Å². The second kappa shape index (κ2) is 5.76. The molecule has 1 aliphatic rings. The Hall–Kier alpha value is -1.04. The molecule has 0 amide bonds. The van der Waals surface area contributed by atoms with Crippen molar-refractivity contribution in [1.29, 1.82) is 0 Å². The van der Waals surface area contributed by atoms with Crippen LogP contribution in [-0.2, 0) is 10.0 Å². The average Bonchev–Trinajstić information content (AvgIpc) is 2.98. The number of sulfonamides is 1. The van der Waals surface area contributed by atoms with E-state index in [1.165, 1.54) is 6.42 Å². The summed E-state index contributed by atoms with van der Waals surface area (Å²) in [6.45, 7) is 0.524. The second-order valence-corrected chi connectivity index (χ2v) is 8.11. The molecule has 2 aromatic carbocycles. The minimum Gasteiger partial charge on any atom is -0.210 e. The first-order valence-electron chi connectivity index (χ1n) is 6.76. The first-order valence-corrected chi connectivity index (χ1v) is 9.29. The minimum absolute atomic E-state index is 0.374. The number of hydrogen-bond acceptors (Lipinski definition) is 3. The highest BCUT2D eigenvalue weighted by atomic mass is 32.2. The lowest BCUT2D eigenvalue weighted by Crippen LogP contribution is -2.30. The molecule has 3 nitrogen and oxygen atoms in total. The number of thioether (sulfide) groups is 1. The number of hydrogen-bond donors (Lipinski definition) is 1. The van der Waals surface area contributed by atoms with Crippen LogP contribution in [0.4, 0.5) is 0 Å². The molecule has 2 aromatic rings. The number of fused-ring (bicyclic) bond motifs is 1. The topological polar surface area (TPSA) is 46.2 Å². The van der Waals surface area contributed by atoms with Crippen LogP contribution in [-0.4, -0.2) is 26.0 Å². The van der Waals surface area contributed by atoms with Crippen LogP contribution in [0.1, 0.15) is 12.8 Å². The Kier molecular flexibility index (Phi) is 4.01. The van der Waals surface area contributed by atoms with E-state index in [9.17, 15) is 8.42 Å². The van der Waals surface area contributed by atoms with E-state index in [2.05, 4.69) is 4.72 Å². The van der Waals surface area contributed by atoms with Gasteiger partial charge in [-0.3, -0.25) is 0 Å². The fourth-order valence-electron chi connectivity index (χ4n) is 2.52. The van der Waals surface area contributed by atoms with Gasteiger partial charge in [-0.1, -0.05) is 36.4 Å². The predicted molar refractivity (Wildman–Crippen MR) is 84.6 cm³/mol. The molecule has 1 atom stereocenters. The quantitative estimate of drug-likeness (QED) is 0.944. The van der Waals surface area contributed by atoms with Crippen LogP contribution in [0.5, 0.6) is 0 Å². The number of benzene rings is 2. The van der Waals surface area contributed by atoms with Crippen LogP contribution in [0.3, 0.4) is 0 Å². The van der Waals surface area contributed by atoms with E-state index in [0.717, 1.165) is 22.9 Å². The van der Waals surface area contributed by atoms with Gasteiger partial charge in [0.1, 0.15) is 0 Å². The zero-order valence-electron chi connectivity index (χ0n) is 11.1. The largest absolute Gasteiger partial charge is 0.241 e. The van der Waals surface area contributed by atoms with Gasteiger partial charge in [-0.2, -0.15) is 11.8 Å². The van der Waals surface area contributed by atoms with Gasteiger partial charge < -0.3 is 0 Å². The summed E-state index contributed by atoms with van der Waals surface area (Å²) < 4.78 is 27.7. The number of rotatable bonds is 4. The monoisotopic (exact) mass is 307 g/mol. The molecule has 1 fully saturated rings. The Labute approximate surface area is 123 Å². The van der Waals surface area contributed by atoms with E-state index in [0.29, 0.717) is 16.7 Å². The molecule has 0 saturated carbocycles. The fraction of sp³-hybridized carbons (Fsp3) is 0.333. The predicted octanol–water partition coefficient (Wildman–Crippen LogP) is 3.01. The van der Waals surface area contributed by atoms with Gasteiger partial charge in [-0.15, -0.1) is 0 Å². The fourth-order valence-corrected chi connectivity index (χ4v) is 5.13. The summed E-state index contributed by atoms with van der Waals surface area (Å²) in [6.07, 6.45) is 2.29. The Balaban J connectivity index is 1.88. The zero-order valence-corrected chi connectivity index (χ0v) is 12.7. The molecule has 1 aliphatic heterocycles. The van der Waals surface area contributed by atoms with E-state index in [1.54, 1.807) is 12.1 Å². The maximum Gasteiger partial charge on any atom is 0.241 e. The lowest BCUT2D eigenvalue weighted by Gasteiger charge is -2.12. The molecule has 106 valence electrons. The van der Waals surface area contributed by atoms with Gasteiger partial charge in [0.05, 0.1) is 4.90 Å². The lowest BCUT2D eigenvalue weighted by molar-refractivity contribution is 0.580.